The van der Waals surface area contributed by atoms with Gasteiger partial charge in [0.2, 0.25) is 0 Å². The lowest BCUT2D eigenvalue weighted by molar-refractivity contribution is -0.139. The molecule has 4 N–H and O–H groups in total. The first kappa shape index (κ1) is 10.8. The van der Waals surface area contributed by atoms with E-state index in [-0.39, 0.29) is 0 Å². The number of H-pyrrole nitrogens is 1. The molecule has 6 nitrogen and oxygen atoms in total. The third-order valence-electron chi connectivity index (χ3n) is 1.30. The number of halogens is 3. The Morgan fingerprint density at radius 2 is 1.93 bits per heavy atom. The van der Waals surface area contributed by atoms with Gasteiger partial charge in [0.15, 0.2) is 10.8 Å². The molecule has 0 saturated carbocycles. The van der Waals surface area contributed by atoms with E-state index < -0.39 is 32.7 Å². The molecule has 0 saturated heterocycles. The van der Waals surface area contributed by atoms with Crippen LogP contribution in [0.15, 0.2) is 5.03 Å². The molecule has 0 aliphatic carbocycles. The zero-order valence-corrected chi connectivity index (χ0v) is 7.15. The molecule has 0 aliphatic rings. The minimum atomic E-state index is -5.01. The minimum absolute atomic E-state index is 1.04. The van der Waals surface area contributed by atoms with Gasteiger partial charge in [0, 0.05) is 0 Å². The van der Waals surface area contributed by atoms with Crippen LogP contribution in [-0.4, -0.2) is 23.2 Å². The highest BCUT2D eigenvalue weighted by Gasteiger charge is 2.41. The second-order valence-corrected chi connectivity index (χ2v) is 3.64. The molecule has 1 aromatic heterocycles. The first-order valence-electron chi connectivity index (χ1n) is 3.02. The molecule has 1 rings (SSSR count). The maximum absolute atomic E-state index is 12.2. The molecular weight excluding hydrogens is 227 g/mol. The van der Waals surface area contributed by atoms with E-state index in [2.05, 4.69) is 5.10 Å². The van der Waals surface area contributed by atoms with Gasteiger partial charge in [-0.3, -0.25) is 9.65 Å². The third-order valence-corrected chi connectivity index (χ3v) is 2.11. The largest absolute Gasteiger partial charge is 0.422 e. The average Bonchev–Trinajstić information content (AvgIpc) is 2.27. The number of anilines is 1. The molecule has 0 spiro atoms. The van der Waals surface area contributed by atoms with E-state index in [0.717, 1.165) is 0 Å². The number of nitrogens with one attached hydrogen (secondary N) is 1. The number of aromatic nitrogens is 2. The highest BCUT2D eigenvalue weighted by atomic mass is 32.2. The molecule has 1 heterocycles. The van der Waals surface area contributed by atoms with Gasteiger partial charge in [0.25, 0.3) is 0 Å². The van der Waals surface area contributed by atoms with Gasteiger partial charge in [0.05, 0.1) is 0 Å². The molecular formula is C4H4F3N3O3S. The van der Waals surface area contributed by atoms with Crippen LogP contribution in [0.3, 0.4) is 0 Å². The summed E-state index contributed by atoms with van der Waals surface area (Å²) in [5, 5.41) is 2.87. The van der Waals surface area contributed by atoms with Crippen molar-refractivity contribution in [3.63, 3.8) is 0 Å². The molecule has 0 aromatic carbocycles. The summed E-state index contributed by atoms with van der Waals surface area (Å²) < 4.78 is 65.7. The minimum Gasteiger partial charge on any atom is -0.382 e. The smallest absolute Gasteiger partial charge is 0.382 e. The fraction of sp³-hybridized carbons (Fsp3) is 0.250. The number of aromatic amines is 1. The topological polar surface area (TPSA) is 109 Å². The van der Waals surface area contributed by atoms with Gasteiger partial charge in [-0.15, -0.1) is 0 Å². The van der Waals surface area contributed by atoms with Crippen molar-refractivity contribution in [1.29, 1.82) is 0 Å². The highest BCUT2D eigenvalue weighted by molar-refractivity contribution is 7.85. The van der Waals surface area contributed by atoms with Crippen LogP contribution < -0.4 is 5.73 Å². The summed E-state index contributed by atoms with van der Waals surface area (Å²) in [6.45, 7) is 0. The normalized spacial score (nSPS) is 13.1. The molecule has 1 aromatic rings. The first-order valence-corrected chi connectivity index (χ1v) is 4.46. The van der Waals surface area contributed by atoms with E-state index in [1.165, 1.54) is 5.10 Å². The predicted octanol–water partition coefficient (Wildman–Crippen LogP) is 0.257. The van der Waals surface area contributed by atoms with E-state index in [0.29, 0.717) is 0 Å². The van der Waals surface area contributed by atoms with Gasteiger partial charge in [0.1, 0.15) is 5.56 Å². The van der Waals surface area contributed by atoms with Crippen LogP contribution in [0.4, 0.5) is 19.0 Å². The van der Waals surface area contributed by atoms with E-state index >= 15 is 0 Å². The van der Waals surface area contributed by atoms with Crippen LogP contribution >= 0.6 is 0 Å². The van der Waals surface area contributed by atoms with Crippen molar-refractivity contribution in [3.05, 3.63) is 5.56 Å². The van der Waals surface area contributed by atoms with E-state index in [4.69, 9.17) is 10.3 Å². The second kappa shape index (κ2) is 2.85. The summed E-state index contributed by atoms with van der Waals surface area (Å²) in [6, 6.07) is 0. The van der Waals surface area contributed by atoms with Gasteiger partial charge in [-0.25, -0.2) is 0 Å². The molecule has 0 amide bonds. The molecule has 80 valence electrons. The monoisotopic (exact) mass is 231 g/mol. The van der Waals surface area contributed by atoms with Crippen LogP contribution in [-0.2, 0) is 16.3 Å². The zero-order valence-electron chi connectivity index (χ0n) is 6.33. The van der Waals surface area contributed by atoms with E-state index in [9.17, 15) is 21.6 Å². The Kier molecular flexibility index (Phi) is 2.20. The lowest BCUT2D eigenvalue weighted by atomic mass is 10.3. The number of hydrogen-bond acceptors (Lipinski definition) is 4. The fourth-order valence-corrected chi connectivity index (χ4v) is 1.44. The summed E-state index contributed by atoms with van der Waals surface area (Å²) >= 11 is 0. The Morgan fingerprint density at radius 3 is 2.21 bits per heavy atom. The Morgan fingerprint density at radius 1 is 1.43 bits per heavy atom. The zero-order chi connectivity index (χ0) is 11.1. The molecule has 10 heteroatoms. The van der Waals surface area contributed by atoms with Gasteiger partial charge in [-0.05, 0) is 0 Å². The predicted molar refractivity (Wildman–Crippen MR) is 37.8 cm³/mol. The van der Waals surface area contributed by atoms with E-state index in [1.807, 2.05) is 0 Å². The molecule has 0 fully saturated rings. The number of nitrogens with two attached hydrogens (primary N) is 1. The Labute approximate surface area is 75.7 Å². The first-order chi connectivity index (χ1) is 6.14. The number of nitrogen functional groups attached to an aromatic ring is 1. The van der Waals surface area contributed by atoms with Crippen molar-refractivity contribution >= 4 is 15.9 Å². The van der Waals surface area contributed by atoms with Crippen molar-refractivity contribution in [1.82, 2.24) is 10.2 Å². The lowest BCUT2D eigenvalue weighted by Crippen LogP contribution is -2.13. The Hall–Kier alpha value is -1.29. The quantitative estimate of drug-likeness (QED) is 0.600. The summed E-state index contributed by atoms with van der Waals surface area (Å²) in [5.41, 5.74) is 3.09. The number of alkyl halides is 3. The summed E-state index contributed by atoms with van der Waals surface area (Å²) in [5.74, 6) is -1.04. The number of rotatable bonds is 1. The van der Waals surface area contributed by atoms with Crippen molar-refractivity contribution in [2.75, 3.05) is 5.73 Å². The number of hydrogen-bond donors (Lipinski definition) is 3. The van der Waals surface area contributed by atoms with Crippen LogP contribution in [0.5, 0.6) is 0 Å². The van der Waals surface area contributed by atoms with Crippen molar-refractivity contribution in [2.45, 2.75) is 11.2 Å². The lowest BCUT2D eigenvalue weighted by Gasteiger charge is -2.05. The molecule has 0 unspecified atom stereocenters. The van der Waals surface area contributed by atoms with Gasteiger partial charge < -0.3 is 5.73 Å². The van der Waals surface area contributed by atoms with Crippen molar-refractivity contribution in [2.24, 2.45) is 0 Å². The van der Waals surface area contributed by atoms with Crippen LogP contribution in [0, 0.1) is 0 Å². The molecule has 0 atom stereocenters. The number of nitrogens with zero attached hydrogens (tertiary/aromatic N) is 1. The van der Waals surface area contributed by atoms with Gasteiger partial charge in [-0.1, -0.05) is 0 Å². The van der Waals surface area contributed by atoms with Crippen LogP contribution in [0.2, 0.25) is 0 Å². The highest BCUT2D eigenvalue weighted by Crippen LogP contribution is 2.36. The maximum atomic E-state index is 12.2. The second-order valence-electron chi connectivity index (χ2n) is 2.29. The molecule has 14 heavy (non-hydrogen) atoms. The van der Waals surface area contributed by atoms with Gasteiger partial charge in [-0.2, -0.15) is 26.7 Å². The SMILES string of the molecule is Nc1n[nH]c(S(=O)(=O)O)c1C(F)(F)F. The molecule has 0 bridgehead atoms. The standard InChI is InChI=1S/C4H4F3N3O3S/c5-4(6,7)1-2(8)9-10-3(1)14(11,12)13/h(H3,8,9,10)(H,11,12,13). The third kappa shape index (κ3) is 1.80. The van der Waals surface area contributed by atoms with E-state index in [1.54, 1.807) is 0 Å². The van der Waals surface area contributed by atoms with Gasteiger partial charge >= 0.3 is 16.3 Å². The summed E-state index contributed by atoms with van der Waals surface area (Å²) in [6.07, 6.45) is -5.00. The van der Waals surface area contributed by atoms with Crippen molar-refractivity contribution < 1.29 is 26.1 Å². The summed E-state index contributed by atoms with van der Waals surface area (Å²) in [7, 11) is -5.01. The van der Waals surface area contributed by atoms with Crippen molar-refractivity contribution in [3.8, 4) is 0 Å². The van der Waals surface area contributed by atoms with Crippen LogP contribution in [0.25, 0.3) is 0 Å². The molecule has 0 radical (unpaired) electrons. The average molecular weight is 231 g/mol. The maximum Gasteiger partial charge on any atom is 0.422 e. The Balaban J connectivity index is 3.50. The molecule has 0 aliphatic heterocycles. The fourth-order valence-electron chi connectivity index (χ4n) is 0.800. The Bertz CT molecular complexity index is 448. The summed E-state index contributed by atoms with van der Waals surface area (Å²) in [4.78, 5) is 0. The van der Waals surface area contributed by atoms with Crippen LogP contribution in [0.1, 0.15) is 5.56 Å².